The van der Waals surface area contributed by atoms with E-state index in [4.69, 9.17) is 5.11 Å². The second-order valence-corrected chi connectivity index (χ2v) is 6.71. The third kappa shape index (κ3) is 3.52. The van der Waals surface area contributed by atoms with Crippen molar-refractivity contribution >= 4 is 33.5 Å². The number of carbonyl (C=O) groups excluding carboxylic acids is 1. The van der Waals surface area contributed by atoms with Crippen LogP contribution in [0.4, 0.5) is 0 Å². The summed E-state index contributed by atoms with van der Waals surface area (Å²) < 4.78 is 2.36. The average molecular weight is 381 g/mol. The van der Waals surface area contributed by atoms with Crippen LogP contribution in [-0.4, -0.2) is 49.6 Å². The van der Waals surface area contributed by atoms with E-state index < -0.39 is 5.97 Å². The van der Waals surface area contributed by atoms with Gasteiger partial charge in [-0.05, 0) is 41.1 Å². The summed E-state index contributed by atoms with van der Waals surface area (Å²) in [6.45, 7) is 1.29. The fraction of sp³-hybridized carbons (Fsp3) is 0.467. The number of fused-ring (bicyclic) bond motifs is 1. The summed E-state index contributed by atoms with van der Waals surface area (Å²) in [5.41, 5.74) is 1.02. The van der Waals surface area contributed by atoms with Gasteiger partial charge < -0.3 is 10.0 Å². The lowest BCUT2D eigenvalue weighted by atomic mass is 9.93. The highest BCUT2D eigenvalue weighted by Gasteiger charge is 2.27. The molecule has 0 bridgehead atoms. The summed E-state index contributed by atoms with van der Waals surface area (Å²) in [4.78, 5) is 29.5. The predicted octanol–water partition coefficient (Wildman–Crippen LogP) is 2.21. The number of halogens is 1. The standard InChI is InChI=1S/C15H17BrN4O3/c16-11-6-17-14-12(7-18-20(14)9-11)15(23)19-5-1-2-10(8-19)3-4-13(21)22/h6-7,9-10H,1-5,8H2,(H,21,22). The van der Waals surface area contributed by atoms with Gasteiger partial charge in [0, 0.05) is 31.9 Å². The summed E-state index contributed by atoms with van der Waals surface area (Å²) in [6.07, 6.45) is 7.56. The third-order valence-electron chi connectivity index (χ3n) is 4.13. The monoisotopic (exact) mass is 380 g/mol. The van der Waals surface area contributed by atoms with Crippen LogP contribution in [0.2, 0.25) is 0 Å². The fourth-order valence-electron chi connectivity index (χ4n) is 2.99. The van der Waals surface area contributed by atoms with Gasteiger partial charge >= 0.3 is 5.97 Å². The molecule has 2 aromatic rings. The molecule has 0 spiro atoms. The zero-order valence-corrected chi connectivity index (χ0v) is 14.1. The molecule has 1 amide bonds. The van der Waals surface area contributed by atoms with E-state index in [1.54, 1.807) is 21.8 Å². The van der Waals surface area contributed by atoms with E-state index in [0.717, 1.165) is 17.3 Å². The minimum Gasteiger partial charge on any atom is -0.481 e. The number of aliphatic carboxylic acids is 1. The molecule has 0 aliphatic carbocycles. The molecule has 0 aromatic carbocycles. The number of aromatic nitrogens is 3. The van der Waals surface area contributed by atoms with Crippen molar-refractivity contribution < 1.29 is 14.7 Å². The van der Waals surface area contributed by atoms with Gasteiger partial charge in [-0.1, -0.05) is 0 Å². The molecule has 0 radical (unpaired) electrons. The summed E-state index contributed by atoms with van der Waals surface area (Å²) in [6, 6.07) is 0. The van der Waals surface area contributed by atoms with Gasteiger partial charge in [-0.3, -0.25) is 9.59 Å². The molecule has 122 valence electrons. The van der Waals surface area contributed by atoms with Crippen LogP contribution in [-0.2, 0) is 4.79 Å². The van der Waals surface area contributed by atoms with E-state index in [9.17, 15) is 9.59 Å². The van der Waals surface area contributed by atoms with E-state index in [1.165, 1.54) is 6.20 Å². The Morgan fingerprint density at radius 1 is 1.39 bits per heavy atom. The molecule has 8 heteroatoms. The largest absolute Gasteiger partial charge is 0.481 e. The van der Waals surface area contributed by atoms with Gasteiger partial charge in [0.2, 0.25) is 0 Å². The Morgan fingerprint density at radius 2 is 2.22 bits per heavy atom. The SMILES string of the molecule is O=C(O)CCC1CCCN(C(=O)c2cnn3cc(Br)cnc23)C1. The van der Waals surface area contributed by atoms with Crippen LogP contribution in [0, 0.1) is 5.92 Å². The normalized spacial score (nSPS) is 18.3. The highest BCUT2D eigenvalue weighted by atomic mass is 79.9. The first-order valence-corrected chi connectivity index (χ1v) is 8.34. The molecule has 1 N–H and O–H groups in total. The van der Waals surface area contributed by atoms with Gasteiger partial charge in [0.25, 0.3) is 5.91 Å². The van der Waals surface area contributed by atoms with Crippen molar-refractivity contribution in [2.45, 2.75) is 25.7 Å². The molecule has 1 aliphatic rings. The molecule has 1 saturated heterocycles. The number of nitrogens with zero attached hydrogens (tertiary/aromatic N) is 4. The maximum absolute atomic E-state index is 12.7. The maximum atomic E-state index is 12.7. The van der Waals surface area contributed by atoms with E-state index in [-0.39, 0.29) is 18.2 Å². The van der Waals surface area contributed by atoms with Crippen molar-refractivity contribution in [1.82, 2.24) is 19.5 Å². The number of carbonyl (C=O) groups is 2. The number of amides is 1. The van der Waals surface area contributed by atoms with Crippen LogP contribution < -0.4 is 0 Å². The Bertz CT molecular complexity index is 745. The number of rotatable bonds is 4. The van der Waals surface area contributed by atoms with Crippen LogP contribution >= 0.6 is 15.9 Å². The highest BCUT2D eigenvalue weighted by molar-refractivity contribution is 9.10. The molecule has 7 nitrogen and oxygen atoms in total. The van der Waals surface area contributed by atoms with Crippen LogP contribution in [0.25, 0.3) is 5.65 Å². The van der Waals surface area contributed by atoms with Crippen molar-refractivity contribution in [3.63, 3.8) is 0 Å². The Labute approximate surface area is 141 Å². The second-order valence-electron chi connectivity index (χ2n) is 5.79. The van der Waals surface area contributed by atoms with Gasteiger partial charge in [0.1, 0.15) is 5.56 Å². The Hall–Kier alpha value is -1.96. The van der Waals surface area contributed by atoms with Crippen LogP contribution in [0.5, 0.6) is 0 Å². The quantitative estimate of drug-likeness (QED) is 0.878. The molecule has 1 unspecified atom stereocenters. The lowest BCUT2D eigenvalue weighted by Gasteiger charge is -2.32. The minimum absolute atomic E-state index is 0.0881. The van der Waals surface area contributed by atoms with Crippen molar-refractivity contribution in [3.8, 4) is 0 Å². The molecule has 3 heterocycles. The Morgan fingerprint density at radius 3 is 3.00 bits per heavy atom. The van der Waals surface area contributed by atoms with Crippen molar-refractivity contribution in [2.75, 3.05) is 13.1 Å². The molecule has 23 heavy (non-hydrogen) atoms. The number of carboxylic acids is 1. The first kappa shape index (κ1) is 15.9. The molecule has 1 fully saturated rings. The zero-order chi connectivity index (χ0) is 16.4. The van der Waals surface area contributed by atoms with Crippen LogP contribution in [0.3, 0.4) is 0 Å². The molecular weight excluding hydrogens is 364 g/mol. The molecular formula is C15H17BrN4O3. The number of likely N-dealkylation sites (tertiary alicyclic amines) is 1. The summed E-state index contributed by atoms with van der Waals surface area (Å²) in [5.74, 6) is -0.631. The van der Waals surface area contributed by atoms with Gasteiger partial charge in [-0.15, -0.1) is 0 Å². The lowest BCUT2D eigenvalue weighted by Crippen LogP contribution is -2.40. The summed E-state index contributed by atoms with van der Waals surface area (Å²) >= 11 is 3.33. The third-order valence-corrected chi connectivity index (χ3v) is 4.54. The first-order valence-electron chi connectivity index (χ1n) is 7.54. The average Bonchev–Trinajstić information content (AvgIpc) is 2.95. The number of hydrogen-bond acceptors (Lipinski definition) is 4. The topological polar surface area (TPSA) is 87.8 Å². The number of hydrogen-bond donors (Lipinski definition) is 1. The molecule has 0 saturated carbocycles. The van der Waals surface area contributed by atoms with Gasteiger partial charge in [0.15, 0.2) is 5.65 Å². The number of carboxylic acid groups (broad SMARTS) is 1. The fourth-order valence-corrected chi connectivity index (χ4v) is 3.28. The van der Waals surface area contributed by atoms with E-state index in [0.29, 0.717) is 30.7 Å². The van der Waals surface area contributed by atoms with Crippen molar-refractivity contribution in [1.29, 1.82) is 0 Å². The lowest BCUT2D eigenvalue weighted by molar-refractivity contribution is -0.137. The minimum atomic E-state index is -0.786. The van der Waals surface area contributed by atoms with Gasteiger partial charge in [0.05, 0.1) is 10.7 Å². The maximum Gasteiger partial charge on any atom is 0.303 e. The second kappa shape index (κ2) is 6.66. The predicted molar refractivity (Wildman–Crippen MR) is 86.2 cm³/mol. The first-order chi connectivity index (χ1) is 11.0. The van der Waals surface area contributed by atoms with Gasteiger partial charge in [-0.2, -0.15) is 5.10 Å². The Kier molecular flexibility index (Phi) is 4.61. The Balaban J connectivity index is 1.74. The van der Waals surface area contributed by atoms with Gasteiger partial charge in [-0.25, -0.2) is 9.50 Å². The van der Waals surface area contributed by atoms with Crippen molar-refractivity contribution in [2.24, 2.45) is 5.92 Å². The molecule has 1 aliphatic heterocycles. The summed E-state index contributed by atoms with van der Waals surface area (Å²) in [5, 5.41) is 13.0. The molecule has 1 atom stereocenters. The van der Waals surface area contributed by atoms with E-state index in [2.05, 4.69) is 26.0 Å². The number of piperidine rings is 1. The zero-order valence-electron chi connectivity index (χ0n) is 12.5. The smallest absolute Gasteiger partial charge is 0.303 e. The highest BCUT2D eigenvalue weighted by Crippen LogP contribution is 2.23. The summed E-state index contributed by atoms with van der Waals surface area (Å²) in [7, 11) is 0. The van der Waals surface area contributed by atoms with E-state index in [1.807, 2.05) is 0 Å². The van der Waals surface area contributed by atoms with Crippen LogP contribution in [0.1, 0.15) is 36.0 Å². The van der Waals surface area contributed by atoms with E-state index >= 15 is 0 Å². The van der Waals surface area contributed by atoms with Crippen molar-refractivity contribution in [3.05, 3.63) is 28.6 Å². The molecule has 3 rings (SSSR count). The molecule has 2 aromatic heterocycles. The van der Waals surface area contributed by atoms with Crippen LogP contribution in [0.15, 0.2) is 23.1 Å².